The molecule has 9 nitrogen and oxygen atoms in total. The maximum absolute atomic E-state index is 12.8. The van der Waals surface area contributed by atoms with Crippen molar-refractivity contribution in [1.29, 1.82) is 5.26 Å². The molecule has 4 aromatic rings. The van der Waals surface area contributed by atoms with Crippen molar-refractivity contribution in [2.75, 3.05) is 11.6 Å². The molecule has 0 aliphatic heterocycles. The molecule has 0 atom stereocenters. The fourth-order valence-electron chi connectivity index (χ4n) is 4.43. The highest BCUT2D eigenvalue weighted by atomic mass is 32.2. The zero-order valence-electron chi connectivity index (χ0n) is 19.7. The second-order valence-corrected chi connectivity index (χ2v) is 10.7. The first-order chi connectivity index (χ1) is 17.7. The Morgan fingerprint density at radius 3 is 2.35 bits per heavy atom. The molecule has 1 aliphatic carbocycles. The van der Waals surface area contributed by atoms with Gasteiger partial charge in [0.1, 0.15) is 0 Å². The van der Waals surface area contributed by atoms with Crippen LogP contribution in [0.2, 0.25) is 0 Å². The summed E-state index contributed by atoms with van der Waals surface area (Å²) in [5.41, 5.74) is 10.9. The van der Waals surface area contributed by atoms with E-state index in [0.29, 0.717) is 46.6 Å². The molecule has 1 aromatic heterocycles. The van der Waals surface area contributed by atoms with Crippen molar-refractivity contribution >= 4 is 27.3 Å². The first-order valence-corrected chi connectivity index (χ1v) is 13.2. The maximum atomic E-state index is 12.8. The molecule has 0 unspecified atom stereocenters. The Labute approximate surface area is 213 Å². The largest absolute Gasteiger partial charge is 0.364 e. The van der Waals surface area contributed by atoms with E-state index >= 15 is 0 Å². The number of nitrogens with two attached hydrogens (primary N) is 1. The lowest BCUT2D eigenvalue weighted by Crippen LogP contribution is -2.15. The third-order valence-corrected chi connectivity index (χ3v) is 7.40. The quantitative estimate of drug-likeness (QED) is 0.420. The van der Waals surface area contributed by atoms with Crippen LogP contribution in [-0.4, -0.2) is 36.3 Å². The summed E-state index contributed by atoms with van der Waals surface area (Å²) in [5.74, 6) is -0.986. The highest BCUT2D eigenvalue weighted by Crippen LogP contribution is 2.38. The van der Waals surface area contributed by atoms with Crippen LogP contribution in [0.5, 0.6) is 0 Å². The lowest BCUT2D eigenvalue weighted by molar-refractivity contribution is 0.0992. The summed E-state index contributed by atoms with van der Waals surface area (Å²) in [6, 6.07) is 20.1. The highest BCUT2D eigenvalue weighted by Gasteiger charge is 2.28. The molecule has 2 amide bonds. The van der Waals surface area contributed by atoms with Crippen molar-refractivity contribution in [2.45, 2.75) is 17.7 Å². The van der Waals surface area contributed by atoms with Crippen molar-refractivity contribution in [3.05, 3.63) is 94.7 Å². The number of carbonyl (C=O) groups is 2. The lowest BCUT2D eigenvalue weighted by Gasteiger charge is -2.20. The fraction of sp³-hybridized carbons (Fsp3) is 0.111. The van der Waals surface area contributed by atoms with Gasteiger partial charge in [-0.25, -0.2) is 13.1 Å². The normalized spacial score (nSPS) is 12.2. The Balaban J connectivity index is 1.57. The minimum atomic E-state index is -3.38. The van der Waals surface area contributed by atoms with Gasteiger partial charge in [0, 0.05) is 28.6 Å². The zero-order valence-corrected chi connectivity index (χ0v) is 20.5. The van der Waals surface area contributed by atoms with Crippen LogP contribution in [0.15, 0.2) is 71.6 Å². The second kappa shape index (κ2) is 9.04. The van der Waals surface area contributed by atoms with E-state index in [1.165, 1.54) is 12.1 Å². The maximum Gasteiger partial charge on any atom is 0.269 e. The number of hydrogen-bond acceptors (Lipinski definition) is 6. The van der Waals surface area contributed by atoms with E-state index in [1.54, 1.807) is 41.1 Å². The zero-order chi connectivity index (χ0) is 26.3. The molecule has 3 N–H and O–H groups in total. The molecule has 5 rings (SSSR count). The van der Waals surface area contributed by atoms with E-state index in [-0.39, 0.29) is 16.5 Å². The molecule has 0 bridgehead atoms. The van der Waals surface area contributed by atoms with Crippen LogP contribution in [0.25, 0.3) is 16.9 Å². The number of benzene rings is 3. The number of primary amides is 1. The van der Waals surface area contributed by atoms with Crippen LogP contribution in [0, 0.1) is 11.3 Å². The Hall–Kier alpha value is -4.75. The van der Waals surface area contributed by atoms with Crippen LogP contribution >= 0.6 is 0 Å². The van der Waals surface area contributed by atoms with Gasteiger partial charge in [-0.15, -0.1) is 0 Å². The number of anilines is 1. The van der Waals surface area contributed by atoms with E-state index in [0.717, 1.165) is 17.4 Å². The van der Waals surface area contributed by atoms with Gasteiger partial charge in [0.15, 0.2) is 15.5 Å². The van der Waals surface area contributed by atoms with Gasteiger partial charge in [-0.05, 0) is 79.1 Å². The van der Waals surface area contributed by atoms with Gasteiger partial charge in [0.2, 0.25) is 0 Å². The minimum absolute atomic E-state index is 0.153. The number of sulfone groups is 1. The van der Waals surface area contributed by atoms with Gasteiger partial charge in [0.25, 0.3) is 11.8 Å². The number of nitrogens with zero attached hydrogens (tertiary/aromatic N) is 3. The summed E-state index contributed by atoms with van der Waals surface area (Å²) in [5, 5.41) is 16.3. The third kappa shape index (κ3) is 4.48. The van der Waals surface area contributed by atoms with Crippen molar-refractivity contribution in [1.82, 2.24) is 9.78 Å². The Morgan fingerprint density at radius 2 is 1.73 bits per heavy atom. The molecule has 0 saturated heterocycles. The number of carbonyl (C=O) groups excluding carboxylic acids is 2. The predicted molar refractivity (Wildman–Crippen MR) is 137 cm³/mol. The van der Waals surface area contributed by atoms with E-state index in [2.05, 4.69) is 10.4 Å². The fourth-order valence-corrected chi connectivity index (χ4v) is 5.07. The summed E-state index contributed by atoms with van der Waals surface area (Å²) in [6.07, 6.45) is 2.34. The van der Waals surface area contributed by atoms with Gasteiger partial charge < -0.3 is 11.1 Å². The Morgan fingerprint density at radius 1 is 1.03 bits per heavy atom. The van der Waals surface area contributed by atoms with E-state index < -0.39 is 15.7 Å². The van der Waals surface area contributed by atoms with Crippen molar-refractivity contribution in [2.24, 2.45) is 5.73 Å². The van der Waals surface area contributed by atoms with Gasteiger partial charge in [-0.3, -0.25) is 9.59 Å². The number of amides is 2. The molecule has 0 fully saturated rings. The van der Waals surface area contributed by atoms with Crippen LogP contribution < -0.4 is 11.1 Å². The SMILES string of the molecule is CS(=O)(=O)c1ccc(-n2nc(C(N)=O)c3c2-c2cc(NC(=O)c4ccc(C#N)cc4)ccc2CC3)cc1. The molecular formula is C27H21N5O4S. The highest BCUT2D eigenvalue weighted by molar-refractivity contribution is 7.90. The lowest BCUT2D eigenvalue weighted by atomic mass is 9.88. The number of nitrogens with one attached hydrogen (secondary N) is 1. The first-order valence-electron chi connectivity index (χ1n) is 11.3. The molecule has 184 valence electrons. The summed E-state index contributed by atoms with van der Waals surface area (Å²) >= 11 is 0. The average molecular weight is 512 g/mol. The molecule has 10 heteroatoms. The standard InChI is InChI=1S/C27H21N5O4S/c1-37(35,36)21-11-9-20(10-12-21)32-25-22(24(31-32)26(29)33)13-7-17-6-8-19(14-23(17)25)30-27(34)18-4-2-16(15-28)3-5-18/h2-6,8-12,14H,7,13H2,1H3,(H2,29,33)(H,30,34). The smallest absolute Gasteiger partial charge is 0.269 e. The van der Waals surface area contributed by atoms with Gasteiger partial charge >= 0.3 is 0 Å². The molecule has 0 spiro atoms. The van der Waals surface area contributed by atoms with Crippen molar-refractivity contribution < 1.29 is 18.0 Å². The third-order valence-electron chi connectivity index (χ3n) is 6.27. The number of rotatable bonds is 5. The Bertz CT molecular complexity index is 1710. The molecule has 3 aromatic carbocycles. The molecular weight excluding hydrogens is 490 g/mol. The number of fused-ring (bicyclic) bond motifs is 3. The predicted octanol–water partition coefficient (Wildman–Crippen LogP) is 3.26. The van der Waals surface area contributed by atoms with Gasteiger partial charge in [-0.2, -0.15) is 10.4 Å². The topological polar surface area (TPSA) is 148 Å². The summed E-state index contributed by atoms with van der Waals surface area (Å²) in [7, 11) is -3.38. The van der Waals surface area contributed by atoms with E-state index in [1.807, 2.05) is 24.3 Å². The van der Waals surface area contributed by atoms with E-state index in [9.17, 15) is 18.0 Å². The average Bonchev–Trinajstić information content (AvgIpc) is 3.29. The van der Waals surface area contributed by atoms with Gasteiger partial charge in [-0.1, -0.05) is 6.07 Å². The molecule has 37 heavy (non-hydrogen) atoms. The second-order valence-electron chi connectivity index (χ2n) is 8.73. The summed E-state index contributed by atoms with van der Waals surface area (Å²) in [6.45, 7) is 0. The monoisotopic (exact) mass is 511 g/mol. The number of aromatic nitrogens is 2. The van der Waals surface area contributed by atoms with Crippen LogP contribution in [0.1, 0.15) is 37.5 Å². The molecule has 1 heterocycles. The van der Waals surface area contributed by atoms with Crippen LogP contribution in [0.3, 0.4) is 0 Å². The van der Waals surface area contributed by atoms with Gasteiger partial charge in [0.05, 0.1) is 27.9 Å². The number of nitriles is 1. The van der Waals surface area contributed by atoms with Crippen LogP contribution in [-0.2, 0) is 22.7 Å². The summed E-state index contributed by atoms with van der Waals surface area (Å²) in [4.78, 5) is 25.2. The molecule has 0 radical (unpaired) electrons. The minimum Gasteiger partial charge on any atom is -0.364 e. The van der Waals surface area contributed by atoms with Crippen molar-refractivity contribution in [3.8, 4) is 23.0 Å². The number of hydrogen-bond donors (Lipinski definition) is 2. The van der Waals surface area contributed by atoms with E-state index in [4.69, 9.17) is 11.0 Å². The van der Waals surface area contributed by atoms with Crippen molar-refractivity contribution in [3.63, 3.8) is 0 Å². The molecule has 1 aliphatic rings. The molecule has 0 saturated carbocycles. The summed E-state index contributed by atoms with van der Waals surface area (Å²) < 4.78 is 25.4. The Kier molecular flexibility index (Phi) is 5.85. The first kappa shape index (κ1) is 24.0. The number of aryl methyl sites for hydroxylation is 1. The van der Waals surface area contributed by atoms with Crippen LogP contribution in [0.4, 0.5) is 5.69 Å².